The molecule has 21 heavy (non-hydrogen) atoms. The van der Waals surface area contributed by atoms with E-state index in [2.05, 4.69) is 19.2 Å². The van der Waals surface area contributed by atoms with E-state index in [1.165, 1.54) is 0 Å². The molecule has 120 valence electrons. The average molecular weight is 295 g/mol. The van der Waals surface area contributed by atoms with Gasteiger partial charge in [0.15, 0.2) is 0 Å². The van der Waals surface area contributed by atoms with Gasteiger partial charge in [0.25, 0.3) is 0 Å². The molecular formula is C17H29NO3. The van der Waals surface area contributed by atoms with Crippen molar-refractivity contribution in [3.63, 3.8) is 0 Å². The zero-order valence-corrected chi connectivity index (χ0v) is 14.2. The lowest BCUT2D eigenvalue weighted by molar-refractivity contribution is -0.0164. The van der Waals surface area contributed by atoms with E-state index < -0.39 is 0 Å². The first-order valence-corrected chi connectivity index (χ1v) is 7.49. The minimum Gasteiger partial charge on any atom is -0.497 e. The molecule has 0 heterocycles. The molecule has 1 rings (SSSR count). The van der Waals surface area contributed by atoms with Crippen molar-refractivity contribution in [2.75, 3.05) is 20.3 Å². The first-order chi connectivity index (χ1) is 9.81. The summed E-state index contributed by atoms with van der Waals surface area (Å²) in [5.74, 6) is 1.65. The molecular weight excluding hydrogens is 266 g/mol. The summed E-state index contributed by atoms with van der Waals surface area (Å²) in [7, 11) is 1.66. The summed E-state index contributed by atoms with van der Waals surface area (Å²) in [5, 5.41) is 3.40. The lowest BCUT2D eigenvalue weighted by Gasteiger charge is -2.20. The average Bonchev–Trinajstić information content (AvgIpc) is 2.40. The molecule has 0 aromatic heterocycles. The van der Waals surface area contributed by atoms with Crippen LogP contribution in [0, 0.1) is 0 Å². The van der Waals surface area contributed by atoms with Gasteiger partial charge in [0.2, 0.25) is 0 Å². The van der Waals surface area contributed by atoms with Crippen LogP contribution in [0.5, 0.6) is 11.5 Å². The highest BCUT2D eigenvalue weighted by Crippen LogP contribution is 2.25. The minimum atomic E-state index is -0.139. The van der Waals surface area contributed by atoms with Crippen molar-refractivity contribution in [3.05, 3.63) is 23.8 Å². The van der Waals surface area contributed by atoms with Crippen molar-refractivity contribution < 1.29 is 14.2 Å². The molecule has 0 aliphatic rings. The van der Waals surface area contributed by atoms with E-state index in [1.54, 1.807) is 7.11 Å². The summed E-state index contributed by atoms with van der Waals surface area (Å²) in [6.07, 6.45) is 0. The molecule has 0 bridgehead atoms. The first kappa shape index (κ1) is 17.8. The van der Waals surface area contributed by atoms with Gasteiger partial charge in [-0.2, -0.15) is 0 Å². The molecule has 0 aliphatic carbocycles. The third-order valence-electron chi connectivity index (χ3n) is 2.85. The Morgan fingerprint density at radius 3 is 2.43 bits per heavy atom. The second kappa shape index (κ2) is 8.25. The van der Waals surface area contributed by atoms with E-state index in [1.807, 2.05) is 39.0 Å². The van der Waals surface area contributed by atoms with Gasteiger partial charge in [0.05, 0.1) is 19.3 Å². The number of hydrogen-bond donors (Lipinski definition) is 1. The maximum Gasteiger partial charge on any atom is 0.127 e. The number of hydrogen-bond acceptors (Lipinski definition) is 4. The summed E-state index contributed by atoms with van der Waals surface area (Å²) in [6, 6.07) is 6.35. The molecule has 0 amide bonds. The highest BCUT2D eigenvalue weighted by Gasteiger charge is 2.11. The summed E-state index contributed by atoms with van der Waals surface area (Å²) in [4.78, 5) is 0. The highest BCUT2D eigenvalue weighted by atomic mass is 16.5. The van der Waals surface area contributed by atoms with Crippen molar-refractivity contribution >= 4 is 0 Å². The van der Waals surface area contributed by atoms with Crippen LogP contribution >= 0.6 is 0 Å². The maximum absolute atomic E-state index is 5.86. The third kappa shape index (κ3) is 7.34. The van der Waals surface area contributed by atoms with E-state index in [9.17, 15) is 0 Å². The van der Waals surface area contributed by atoms with Gasteiger partial charge in [-0.25, -0.2) is 0 Å². The second-order valence-corrected chi connectivity index (χ2v) is 6.32. The largest absolute Gasteiger partial charge is 0.497 e. The van der Waals surface area contributed by atoms with Crippen LogP contribution in [0.3, 0.4) is 0 Å². The van der Waals surface area contributed by atoms with Gasteiger partial charge in [-0.05, 0) is 26.8 Å². The molecule has 0 spiro atoms. The number of methoxy groups -OCH3 is 1. The lowest BCUT2D eigenvalue weighted by Crippen LogP contribution is -2.24. The summed E-state index contributed by atoms with van der Waals surface area (Å²) < 4.78 is 16.8. The fourth-order valence-electron chi connectivity index (χ4n) is 1.76. The summed E-state index contributed by atoms with van der Waals surface area (Å²) in [6.45, 7) is 12.2. The highest BCUT2D eigenvalue weighted by molar-refractivity contribution is 5.40. The SMILES string of the molecule is COc1ccc(CNC(C)C)c(OCCOC(C)(C)C)c1. The molecule has 4 heteroatoms. The predicted octanol–water partition coefficient (Wildman–Crippen LogP) is 3.39. The third-order valence-corrected chi connectivity index (χ3v) is 2.85. The molecule has 0 unspecified atom stereocenters. The van der Waals surface area contributed by atoms with E-state index >= 15 is 0 Å². The van der Waals surface area contributed by atoms with Gasteiger partial charge in [-0.15, -0.1) is 0 Å². The Kier molecular flexibility index (Phi) is 6.99. The predicted molar refractivity (Wildman–Crippen MR) is 86.2 cm³/mol. The molecule has 0 radical (unpaired) electrons. The lowest BCUT2D eigenvalue weighted by atomic mass is 10.2. The van der Waals surface area contributed by atoms with Gasteiger partial charge in [0, 0.05) is 24.2 Å². The Morgan fingerprint density at radius 2 is 1.86 bits per heavy atom. The molecule has 0 saturated heterocycles. The number of ether oxygens (including phenoxy) is 3. The van der Waals surface area contributed by atoms with Crippen LogP contribution < -0.4 is 14.8 Å². The van der Waals surface area contributed by atoms with Crippen LogP contribution in [0.4, 0.5) is 0 Å². The van der Waals surface area contributed by atoms with Gasteiger partial charge in [-0.1, -0.05) is 19.9 Å². The van der Waals surface area contributed by atoms with Crippen LogP contribution in [-0.4, -0.2) is 32.0 Å². The van der Waals surface area contributed by atoms with Crippen LogP contribution in [0.15, 0.2) is 18.2 Å². The Morgan fingerprint density at radius 1 is 1.14 bits per heavy atom. The Hall–Kier alpha value is -1.26. The Balaban J connectivity index is 2.63. The topological polar surface area (TPSA) is 39.7 Å². The zero-order valence-electron chi connectivity index (χ0n) is 14.2. The molecule has 0 fully saturated rings. The molecule has 1 aromatic rings. The van der Waals surface area contributed by atoms with Crippen LogP contribution in [0.2, 0.25) is 0 Å². The minimum absolute atomic E-state index is 0.139. The Labute approximate surface area is 128 Å². The normalized spacial score (nSPS) is 11.8. The van der Waals surface area contributed by atoms with Crippen LogP contribution in [0.25, 0.3) is 0 Å². The standard InChI is InChI=1S/C17H29NO3/c1-13(2)18-12-14-7-8-15(19-6)11-16(14)20-9-10-21-17(3,4)5/h7-8,11,13,18H,9-10,12H2,1-6H3. The molecule has 1 aromatic carbocycles. The fraction of sp³-hybridized carbons (Fsp3) is 0.647. The van der Waals surface area contributed by atoms with Crippen molar-refractivity contribution in [2.24, 2.45) is 0 Å². The zero-order chi connectivity index (χ0) is 15.9. The van der Waals surface area contributed by atoms with Crippen LogP contribution in [-0.2, 0) is 11.3 Å². The van der Waals surface area contributed by atoms with Gasteiger partial charge < -0.3 is 19.5 Å². The number of rotatable bonds is 8. The molecule has 1 N–H and O–H groups in total. The quantitative estimate of drug-likeness (QED) is 0.746. The molecule has 0 saturated carbocycles. The summed E-state index contributed by atoms with van der Waals surface area (Å²) in [5.41, 5.74) is 0.986. The van der Waals surface area contributed by atoms with Crippen molar-refractivity contribution in [1.82, 2.24) is 5.32 Å². The molecule has 0 aliphatic heterocycles. The first-order valence-electron chi connectivity index (χ1n) is 7.49. The van der Waals surface area contributed by atoms with Crippen LogP contribution in [0.1, 0.15) is 40.2 Å². The smallest absolute Gasteiger partial charge is 0.127 e. The second-order valence-electron chi connectivity index (χ2n) is 6.32. The van der Waals surface area contributed by atoms with Gasteiger partial charge >= 0.3 is 0 Å². The van der Waals surface area contributed by atoms with E-state index in [0.29, 0.717) is 19.3 Å². The van der Waals surface area contributed by atoms with Crippen molar-refractivity contribution in [3.8, 4) is 11.5 Å². The maximum atomic E-state index is 5.86. The Bertz CT molecular complexity index is 425. The molecule has 4 nitrogen and oxygen atoms in total. The van der Waals surface area contributed by atoms with E-state index in [4.69, 9.17) is 14.2 Å². The van der Waals surface area contributed by atoms with Gasteiger partial charge in [0.1, 0.15) is 18.1 Å². The van der Waals surface area contributed by atoms with Crippen molar-refractivity contribution in [2.45, 2.75) is 52.8 Å². The fourth-order valence-corrected chi connectivity index (χ4v) is 1.76. The number of nitrogens with one attached hydrogen (secondary N) is 1. The summed E-state index contributed by atoms with van der Waals surface area (Å²) >= 11 is 0. The van der Waals surface area contributed by atoms with Crippen molar-refractivity contribution in [1.29, 1.82) is 0 Å². The van der Waals surface area contributed by atoms with Gasteiger partial charge in [-0.3, -0.25) is 0 Å². The number of benzene rings is 1. The van der Waals surface area contributed by atoms with E-state index in [0.717, 1.165) is 23.6 Å². The monoisotopic (exact) mass is 295 g/mol. The molecule has 0 atom stereocenters. The van der Waals surface area contributed by atoms with E-state index in [-0.39, 0.29) is 5.60 Å².